The van der Waals surface area contributed by atoms with E-state index in [9.17, 15) is 14.0 Å². The lowest BCUT2D eigenvalue weighted by molar-refractivity contribution is -0.121. The fourth-order valence-corrected chi connectivity index (χ4v) is 4.82. The number of ether oxygens (including phenoxy) is 1. The molecule has 2 aromatic heterocycles. The van der Waals surface area contributed by atoms with Gasteiger partial charge in [0.25, 0.3) is 5.56 Å². The van der Waals surface area contributed by atoms with Crippen LogP contribution < -0.4 is 15.7 Å². The number of unbranched alkanes of at least 4 members (excludes halogenated alkanes) is 2. The van der Waals surface area contributed by atoms with E-state index in [4.69, 9.17) is 4.74 Å². The Balaban J connectivity index is 0.000000208. The highest BCUT2D eigenvalue weighted by Gasteiger charge is 2.15. The number of pyridine rings is 1. The van der Waals surface area contributed by atoms with Crippen molar-refractivity contribution < 1.29 is 13.9 Å². The van der Waals surface area contributed by atoms with Gasteiger partial charge in [-0.3, -0.25) is 9.59 Å². The molecule has 0 fully saturated rings. The molecule has 0 aliphatic carbocycles. The van der Waals surface area contributed by atoms with Crippen molar-refractivity contribution in [3.8, 4) is 17.0 Å². The van der Waals surface area contributed by atoms with E-state index < -0.39 is 0 Å². The summed E-state index contributed by atoms with van der Waals surface area (Å²) in [6.45, 7) is 6.77. The summed E-state index contributed by atoms with van der Waals surface area (Å²) in [4.78, 5) is 27.6. The van der Waals surface area contributed by atoms with Crippen LogP contribution in [0.25, 0.3) is 22.2 Å². The quantitative estimate of drug-likeness (QED) is 0.236. The first-order valence-corrected chi connectivity index (χ1v) is 14.5. The van der Waals surface area contributed by atoms with Crippen LogP contribution in [-0.4, -0.2) is 33.5 Å². The molecule has 0 spiro atoms. The third kappa shape index (κ3) is 7.46. The second kappa shape index (κ2) is 14.5. The number of benzene rings is 2. The largest absolute Gasteiger partial charge is 0.494 e. The number of hydrogen-bond acceptors (Lipinski definition) is 6. The summed E-state index contributed by atoms with van der Waals surface area (Å²) in [7, 11) is 1.64. The lowest BCUT2D eigenvalue weighted by Crippen LogP contribution is -2.25. The summed E-state index contributed by atoms with van der Waals surface area (Å²) < 4.78 is 20.7. The van der Waals surface area contributed by atoms with Crippen molar-refractivity contribution in [1.29, 1.82) is 0 Å². The molecule has 0 radical (unpaired) electrons. The number of nitrogens with zero attached hydrogens (tertiary/aromatic N) is 4. The van der Waals surface area contributed by atoms with Crippen LogP contribution in [0.15, 0.2) is 64.5 Å². The molecule has 0 saturated carbocycles. The number of fused-ring (bicyclic) bond motifs is 1. The van der Waals surface area contributed by atoms with Gasteiger partial charge in [-0.05, 0) is 55.7 Å². The molecule has 9 heteroatoms. The van der Waals surface area contributed by atoms with Crippen molar-refractivity contribution in [1.82, 2.24) is 20.2 Å². The van der Waals surface area contributed by atoms with Gasteiger partial charge < -0.3 is 4.74 Å². The summed E-state index contributed by atoms with van der Waals surface area (Å²) in [6, 6.07) is 16.4. The second-order valence-corrected chi connectivity index (χ2v) is 10.3. The zero-order valence-electron chi connectivity index (χ0n) is 24.7. The highest BCUT2D eigenvalue weighted by atomic mass is 19.1. The molecule has 0 atom stereocenters. The Morgan fingerprint density at radius 2 is 1.81 bits per heavy atom. The first-order valence-electron chi connectivity index (χ1n) is 14.5. The maximum Gasteiger partial charge on any atom is 0.266 e. The third-order valence-electron chi connectivity index (χ3n) is 7.11. The fraction of sp³-hybridized carbons (Fsp3) is 0.364. The Morgan fingerprint density at radius 1 is 0.976 bits per heavy atom. The molecule has 4 aromatic rings. The van der Waals surface area contributed by atoms with E-state index in [-0.39, 0.29) is 17.3 Å². The van der Waals surface area contributed by atoms with E-state index in [1.165, 1.54) is 6.07 Å². The smallest absolute Gasteiger partial charge is 0.266 e. The van der Waals surface area contributed by atoms with Crippen molar-refractivity contribution in [2.75, 3.05) is 7.11 Å². The molecule has 0 saturated heterocycles. The number of carbonyl (C=O) groups excluding carboxylic acids is 1. The van der Waals surface area contributed by atoms with Gasteiger partial charge in [-0.15, -0.1) is 0 Å². The fourth-order valence-electron chi connectivity index (χ4n) is 4.82. The predicted octanol–water partition coefficient (Wildman–Crippen LogP) is 6.36. The SMILES string of the molecule is CCCCCn1nc(-c2ccc(OC)c3nc(C)ccc23)ccc1=O.CCCc1ccc(C2=NNC(=O)CC2)cc1F. The monoisotopic (exact) mass is 571 g/mol. The topological polar surface area (TPSA) is 98.5 Å². The van der Waals surface area contributed by atoms with E-state index in [0.29, 0.717) is 19.4 Å². The third-order valence-corrected chi connectivity index (χ3v) is 7.11. The number of amides is 1. The maximum atomic E-state index is 13.7. The van der Waals surface area contributed by atoms with Crippen molar-refractivity contribution >= 4 is 22.5 Å². The molecular weight excluding hydrogens is 533 g/mol. The average Bonchev–Trinajstić information content (AvgIpc) is 2.99. The molecule has 8 nitrogen and oxygen atoms in total. The van der Waals surface area contributed by atoms with Crippen molar-refractivity contribution in [3.05, 3.63) is 87.6 Å². The van der Waals surface area contributed by atoms with Crippen LogP contribution in [0.3, 0.4) is 0 Å². The minimum Gasteiger partial charge on any atom is -0.494 e. The van der Waals surface area contributed by atoms with Gasteiger partial charge in [0.15, 0.2) is 0 Å². The van der Waals surface area contributed by atoms with Crippen LogP contribution in [0.4, 0.5) is 4.39 Å². The number of halogens is 1. The Labute approximate surface area is 245 Å². The summed E-state index contributed by atoms with van der Waals surface area (Å²) in [5, 5.41) is 9.49. The minimum absolute atomic E-state index is 0.0633. The molecule has 1 N–H and O–H groups in total. The number of methoxy groups -OCH3 is 1. The molecule has 42 heavy (non-hydrogen) atoms. The van der Waals surface area contributed by atoms with Gasteiger partial charge in [-0.1, -0.05) is 51.3 Å². The highest BCUT2D eigenvalue weighted by molar-refractivity contribution is 6.04. The minimum atomic E-state index is -0.191. The second-order valence-electron chi connectivity index (χ2n) is 10.3. The van der Waals surface area contributed by atoms with Crippen LogP contribution in [0.1, 0.15) is 69.2 Å². The highest BCUT2D eigenvalue weighted by Crippen LogP contribution is 2.32. The summed E-state index contributed by atoms with van der Waals surface area (Å²) in [6.07, 6.45) is 5.81. The number of carbonyl (C=O) groups is 1. The van der Waals surface area contributed by atoms with Gasteiger partial charge in [0, 0.05) is 47.7 Å². The number of aryl methyl sites for hydroxylation is 3. The maximum absolute atomic E-state index is 13.7. The number of aromatic nitrogens is 3. The summed E-state index contributed by atoms with van der Waals surface area (Å²) in [5.74, 6) is 0.458. The van der Waals surface area contributed by atoms with Crippen LogP contribution in [-0.2, 0) is 17.8 Å². The van der Waals surface area contributed by atoms with Crippen LogP contribution in [0, 0.1) is 12.7 Å². The van der Waals surface area contributed by atoms with E-state index in [0.717, 1.165) is 82.5 Å². The Kier molecular flexibility index (Phi) is 10.5. The average molecular weight is 572 g/mol. The van der Waals surface area contributed by atoms with E-state index >= 15 is 0 Å². The molecule has 0 unspecified atom stereocenters. The van der Waals surface area contributed by atoms with Crippen LogP contribution in [0.5, 0.6) is 5.75 Å². The van der Waals surface area contributed by atoms with Gasteiger partial charge in [-0.2, -0.15) is 10.2 Å². The molecule has 220 valence electrons. The van der Waals surface area contributed by atoms with Gasteiger partial charge in [0.05, 0.1) is 18.5 Å². The van der Waals surface area contributed by atoms with Crippen molar-refractivity contribution in [2.45, 2.75) is 72.3 Å². The number of nitrogens with one attached hydrogen (secondary N) is 1. The zero-order valence-corrected chi connectivity index (χ0v) is 24.7. The van der Waals surface area contributed by atoms with Gasteiger partial charge in [0.1, 0.15) is 17.1 Å². The van der Waals surface area contributed by atoms with Crippen LogP contribution in [0.2, 0.25) is 0 Å². The molecule has 0 bridgehead atoms. The van der Waals surface area contributed by atoms with E-state index in [1.807, 2.05) is 44.2 Å². The molecule has 1 aliphatic heterocycles. The summed E-state index contributed by atoms with van der Waals surface area (Å²) in [5.41, 5.74) is 8.05. The van der Waals surface area contributed by atoms with Crippen molar-refractivity contribution in [2.24, 2.45) is 5.10 Å². The zero-order chi connectivity index (χ0) is 30.1. The normalized spacial score (nSPS) is 12.8. The van der Waals surface area contributed by atoms with Crippen LogP contribution >= 0.6 is 0 Å². The lowest BCUT2D eigenvalue weighted by atomic mass is 10.0. The molecule has 1 aliphatic rings. The standard InChI is InChI=1S/C20H23N3O2.C13H15FN2O/c1-4-5-6-13-23-19(24)12-10-17(22-23)15-9-11-18(25-3)20-16(15)8-7-14(2)21-20;1-2-3-9-4-5-10(8-11(9)14)12-6-7-13(17)16-15-12/h7-12H,4-6,13H2,1-3H3;4-5,8H,2-3,6-7H2,1H3,(H,16,17). The Bertz CT molecular complexity index is 1650. The van der Waals surface area contributed by atoms with Gasteiger partial charge >= 0.3 is 0 Å². The summed E-state index contributed by atoms with van der Waals surface area (Å²) >= 11 is 0. The van der Waals surface area contributed by atoms with E-state index in [1.54, 1.807) is 30.0 Å². The predicted molar refractivity (Wildman–Crippen MR) is 164 cm³/mol. The van der Waals surface area contributed by atoms with Gasteiger partial charge in [0.2, 0.25) is 5.91 Å². The Hall–Kier alpha value is -4.40. The van der Waals surface area contributed by atoms with Crippen molar-refractivity contribution in [3.63, 3.8) is 0 Å². The molecule has 3 heterocycles. The number of hydrazone groups is 1. The molecule has 2 aromatic carbocycles. The van der Waals surface area contributed by atoms with E-state index in [2.05, 4.69) is 27.5 Å². The molecule has 1 amide bonds. The Morgan fingerprint density at radius 3 is 2.50 bits per heavy atom. The molecular formula is C33H38FN5O3. The van der Waals surface area contributed by atoms with Gasteiger partial charge in [-0.25, -0.2) is 19.5 Å². The number of rotatable bonds is 9. The first-order chi connectivity index (χ1) is 20.3. The molecule has 5 rings (SSSR count). The number of hydrogen-bond donors (Lipinski definition) is 1. The lowest BCUT2D eigenvalue weighted by Gasteiger charge is -2.12. The first kappa shape index (κ1) is 30.6.